The molecular weight excluding hydrogens is 210 g/mol. The van der Waals surface area contributed by atoms with Crippen LogP contribution in [0.1, 0.15) is 13.3 Å². The van der Waals surface area contributed by atoms with Gasteiger partial charge >= 0.3 is 0 Å². The molecule has 88 valence electrons. The van der Waals surface area contributed by atoms with Gasteiger partial charge in [-0.25, -0.2) is 0 Å². The number of hydrogen-bond donors (Lipinski definition) is 1. The molecule has 1 aliphatic rings. The van der Waals surface area contributed by atoms with Crippen LogP contribution in [0, 0.1) is 5.92 Å². The second-order valence-electron chi connectivity index (χ2n) is 5.66. The monoisotopic (exact) mass is 233 g/mol. The van der Waals surface area contributed by atoms with Crippen molar-refractivity contribution in [1.82, 2.24) is 5.32 Å². The van der Waals surface area contributed by atoms with Gasteiger partial charge in [0.2, 0.25) is 0 Å². The summed E-state index contributed by atoms with van der Waals surface area (Å²) in [4.78, 5) is 0. The summed E-state index contributed by atoms with van der Waals surface area (Å²) in [5.74, 6) is 0.829. The summed E-state index contributed by atoms with van der Waals surface area (Å²) >= 11 is 0. The molecule has 1 saturated heterocycles. The minimum atomic E-state index is -1.28. The molecule has 16 heavy (non-hydrogen) atoms. The lowest BCUT2D eigenvalue weighted by atomic mass is 10.0. The Morgan fingerprint density at radius 1 is 1.19 bits per heavy atom. The minimum Gasteiger partial charge on any atom is -0.316 e. The van der Waals surface area contributed by atoms with E-state index < -0.39 is 8.07 Å². The zero-order valence-corrected chi connectivity index (χ0v) is 11.7. The van der Waals surface area contributed by atoms with E-state index in [1.54, 1.807) is 5.19 Å². The summed E-state index contributed by atoms with van der Waals surface area (Å²) in [6, 6.07) is 11.2. The average Bonchev–Trinajstić information content (AvgIpc) is 2.30. The number of rotatable bonds is 2. The smallest absolute Gasteiger partial charge is 0.0840 e. The predicted molar refractivity (Wildman–Crippen MR) is 74.0 cm³/mol. The molecule has 2 rings (SSSR count). The third kappa shape index (κ3) is 2.23. The Labute approximate surface area is 100 Å². The molecule has 2 unspecified atom stereocenters. The molecule has 1 aromatic rings. The van der Waals surface area contributed by atoms with Gasteiger partial charge in [-0.3, -0.25) is 0 Å². The molecule has 1 N–H and O–H groups in total. The van der Waals surface area contributed by atoms with Crippen LogP contribution in [0.2, 0.25) is 18.6 Å². The topological polar surface area (TPSA) is 12.0 Å². The molecular formula is C14H23NSi. The fourth-order valence-electron chi connectivity index (χ4n) is 3.17. The van der Waals surface area contributed by atoms with Crippen LogP contribution in [-0.2, 0) is 0 Å². The van der Waals surface area contributed by atoms with Gasteiger partial charge in [0.1, 0.15) is 0 Å². The van der Waals surface area contributed by atoms with Crippen molar-refractivity contribution < 1.29 is 0 Å². The lowest BCUT2D eigenvalue weighted by molar-refractivity contribution is 0.396. The minimum absolute atomic E-state index is 0.829. The number of benzene rings is 1. The molecule has 0 aliphatic carbocycles. The standard InChI is InChI=1S/C14H23NSi/c1-12-11-15-10-9-14(12)16(2,3)13-7-5-4-6-8-13/h4-8,12,14-15H,9-11H2,1-3H3. The van der Waals surface area contributed by atoms with Crippen LogP contribution in [0.3, 0.4) is 0 Å². The van der Waals surface area contributed by atoms with Crippen LogP contribution >= 0.6 is 0 Å². The lowest BCUT2D eigenvalue weighted by Gasteiger charge is -2.40. The average molecular weight is 233 g/mol. The van der Waals surface area contributed by atoms with Crippen molar-refractivity contribution in [3.8, 4) is 0 Å². The third-order valence-corrected chi connectivity index (χ3v) is 8.76. The van der Waals surface area contributed by atoms with Crippen molar-refractivity contribution in [3.05, 3.63) is 30.3 Å². The Bertz CT molecular complexity index is 334. The Balaban J connectivity index is 2.23. The van der Waals surface area contributed by atoms with Gasteiger partial charge in [-0.1, -0.05) is 55.5 Å². The van der Waals surface area contributed by atoms with Crippen molar-refractivity contribution in [2.75, 3.05) is 13.1 Å². The van der Waals surface area contributed by atoms with Gasteiger partial charge in [0, 0.05) is 0 Å². The van der Waals surface area contributed by atoms with Gasteiger partial charge in [0.15, 0.2) is 0 Å². The summed E-state index contributed by atoms with van der Waals surface area (Å²) in [7, 11) is -1.28. The SMILES string of the molecule is CC1CNCCC1[Si](C)(C)c1ccccc1. The highest BCUT2D eigenvalue weighted by molar-refractivity contribution is 6.91. The van der Waals surface area contributed by atoms with Crippen LogP contribution in [-0.4, -0.2) is 21.2 Å². The highest BCUT2D eigenvalue weighted by atomic mass is 28.3. The molecule has 1 aliphatic heterocycles. The first kappa shape index (κ1) is 11.9. The van der Waals surface area contributed by atoms with E-state index in [2.05, 4.69) is 55.7 Å². The summed E-state index contributed by atoms with van der Waals surface area (Å²) in [5, 5.41) is 5.13. The Hall–Kier alpha value is -0.603. The maximum atomic E-state index is 3.51. The summed E-state index contributed by atoms with van der Waals surface area (Å²) < 4.78 is 0. The first-order chi connectivity index (χ1) is 7.62. The lowest BCUT2D eigenvalue weighted by Crippen LogP contribution is -2.52. The van der Waals surface area contributed by atoms with Gasteiger partial charge in [-0.15, -0.1) is 0 Å². The van der Waals surface area contributed by atoms with Gasteiger partial charge in [0.25, 0.3) is 0 Å². The normalized spacial score (nSPS) is 26.7. The molecule has 1 fully saturated rings. The van der Waals surface area contributed by atoms with Crippen LogP contribution in [0.5, 0.6) is 0 Å². The maximum absolute atomic E-state index is 3.51. The van der Waals surface area contributed by atoms with Crippen LogP contribution in [0.4, 0.5) is 0 Å². The Kier molecular flexibility index (Phi) is 3.50. The van der Waals surface area contributed by atoms with Crippen molar-refractivity contribution in [1.29, 1.82) is 0 Å². The second-order valence-corrected chi connectivity index (χ2v) is 10.4. The van der Waals surface area contributed by atoms with E-state index in [9.17, 15) is 0 Å². The number of hydrogen-bond acceptors (Lipinski definition) is 1. The Morgan fingerprint density at radius 2 is 1.88 bits per heavy atom. The molecule has 0 radical (unpaired) electrons. The summed E-state index contributed by atoms with van der Waals surface area (Å²) in [6.07, 6.45) is 1.36. The fraction of sp³-hybridized carbons (Fsp3) is 0.571. The first-order valence-electron chi connectivity index (χ1n) is 6.38. The maximum Gasteiger partial charge on any atom is 0.0840 e. The van der Waals surface area contributed by atoms with E-state index in [1.807, 2.05) is 0 Å². The second kappa shape index (κ2) is 4.72. The molecule has 0 bridgehead atoms. The highest BCUT2D eigenvalue weighted by Crippen LogP contribution is 2.34. The third-order valence-electron chi connectivity index (χ3n) is 4.23. The molecule has 1 heterocycles. The van der Waals surface area contributed by atoms with Crippen molar-refractivity contribution in [3.63, 3.8) is 0 Å². The van der Waals surface area contributed by atoms with Crippen molar-refractivity contribution in [2.45, 2.75) is 32.0 Å². The zero-order valence-electron chi connectivity index (χ0n) is 10.7. The number of nitrogens with one attached hydrogen (secondary N) is 1. The summed E-state index contributed by atoms with van der Waals surface area (Å²) in [6.45, 7) is 9.89. The predicted octanol–water partition coefficient (Wildman–Crippen LogP) is 2.60. The van der Waals surface area contributed by atoms with E-state index in [-0.39, 0.29) is 0 Å². The molecule has 0 amide bonds. The van der Waals surface area contributed by atoms with Gasteiger partial charge in [0.05, 0.1) is 8.07 Å². The van der Waals surface area contributed by atoms with E-state index in [4.69, 9.17) is 0 Å². The molecule has 2 heteroatoms. The molecule has 1 aromatic carbocycles. The first-order valence-corrected chi connectivity index (χ1v) is 9.46. The van der Waals surface area contributed by atoms with E-state index in [1.165, 1.54) is 19.5 Å². The van der Waals surface area contributed by atoms with Crippen molar-refractivity contribution in [2.24, 2.45) is 5.92 Å². The van der Waals surface area contributed by atoms with E-state index in [0.717, 1.165) is 11.5 Å². The zero-order chi connectivity index (χ0) is 11.6. The molecule has 0 saturated carbocycles. The van der Waals surface area contributed by atoms with Gasteiger partial charge in [-0.05, 0) is 31.0 Å². The van der Waals surface area contributed by atoms with E-state index >= 15 is 0 Å². The highest BCUT2D eigenvalue weighted by Gasteiger charge is 2.37. The quantitative estimate of drug-likeness (QED) is 0.774. The largest absolute Gasteiger partial charge is 0.316 e. The fourth-order valence-corrected chi connectivity index (χ4v) is 7.05. The summed E-state index contributed by atoms with van der Waals surface area (Å²) in [5.41, 5.74) is 0.927. The Morgan fingerprint density at radius 3 is 2.50 bits per heavy atom. The van der Waals surface area contributed by atoms with Gasteiger partial charge < -0.3 is 5.32 Å². The van der Waals surface area contributed by atoms with Crippen LogP contribution in [0.15, 0.2) is 30.3 Å². The van der Waals surface area contributed by atoms with Crippen LogP contribution in [0.25, 0.3) is 0 Å². The van der Waals surface area contributed by atoms with E-state index in [0.29, 0.717) is 0 Å². The van der Waals surface area contributed by atoms with Crippen molar-refractivity contribution >= 4 is 13.3 Å². The molecule has 1 nitrogen and oxygen atoms in total. The molecule has 0 aromatic heterocycles. The van der Waals surface area contributed by atoms with Crippen LogP contribution < -0.4 is 10.5 Å². The van der Waals surface area contributed by atoms with Gasteiger partial charge in [-0.2, -0.15) is 0 Å². The molecule has 0 spiro atoms. The molecule has 2 atom stereocenters. The number of piperidine rings is 1.